The van der Waals surface area contributed by atoms with E-state index in [1.807, 2.05) is 0 Å². The summed E-state index contributed by atoms with van der Waals surface area (Å²) in [4.78, 5) is 44.5. The van der Waals surface area contributed by atoms with Gasteiger partial charge >= 0.3 is 5.97 Å². The molecule has 1 unspecified atom stereocenters. The third kappa shape index (κ3) is 7.39. The average molecular weight is 335 g/mol. The third-order valence-electron chi connectivity index (χ3n) is 3.15. The zero-order chi connectivity index (χ0) is 18.1. The van der Waals surface area contributed by atoms with Crippen LogP contribution in [0.5, 0.6) is 0 Å². The van der Waals surface area contributed by atoms with Crippen LogP contribution in [0.15, 0.2) is 24.3 Å². The van der Waals surface area contributed by atoms with Gasteiger partial charge in [0.25, 0.3) is 0 Å². The predicted octanol–water partition coefficient (Wildman–Crippen LogP) is 0.141. The van der Waals surface area contributed by atoms with Crippen molar-refractivity contribution in [3.05, 3.63) is 29.8 Å². The molecule has 0 radical (unpaired) electrons. The minimum atomic E-state index is -0.859. The number of anilines is 1. The highest BCUT2D eigenvalue weighted by molar-refractivity contribution is 5.95. The summed E-state index contributed by atoms with van der Waals surface area (Å²) < 4.78 is 0. The summed E-state index contributed by atoms with van der Waals surface area (Å²) in [5.41, 5.74) is 1.40. The standard InChI is InChI=1S/C16H21N3O5/c1-10(16(23)24)7-12-3-5-13(6-4-12)19-15(22)9-18-14(21)8-17-11(2)20/h3-6,10H,7-9H2,1-2H3,(H,17,20)(H,18,21)(H,19,22)(H,23,24). The molecule has 4 N–H and O–H groups in total. The molecule has 0 aliphatic rings. The Kier molecular flexibility index (Phi) is 7.41. The lowest BCUT2D eigenvalue weighted by Gasteiger charge is -2.09. The molecule has 8 heteroatoms. The van der Waals surface area contributed by atoms with E-state index >= 15 is 0 Å². The highest BCUT2D eigenvalue weighted by Crippen LogP contribution is 2.13. The van der Waals surface area contributed by atoms with Crippen molar-refractivity contribution in [2.24, 2.45) is 5.92 Å². The maximum atomic E-state index is 11.7. The van der Waals surface area contributed by atoms with Crippen LogP contribution in [0.4, 0.5) is 5.69 Å². The zero-order valence-corrected chi connectivity index (χ0v) is 13.6. The Morgan fingerprint density at radius 2 is 1.58 bits per heavy atom. The van der Waals surface area contributed by atoms with Crippen LogP contribution in [0.1, 0.15) is 19.4 Å². The molecule has 0 spiro atoms. The van der Waals surface area contributed by atoms with Gasteiger partial charge in [-0.3, -0.25) is 19.2 Å². The van der Waals surface area contributed by atoms with Crippen LogP contribution in [0.3, 0.4) is 0 Å². The van der Waals surface area contributed by atoms with Crippen molar-refractivity contribution in [2.75, 3.05) is 18.4 Å². The van der Waals surface area contributed by atoms with E-state index in [1.54, 1.807) is 31.2 Å². The minimum absolute atomic E-state index is 0.181. The Hall–Kier alpha value is -2.90. The number of carboxylic acids is 1. The van der Waals surface area contributed by atoms with Crippen molar-refractivity contribution in [1.82, 2.24) is 10.6 Å². The Balaban J connectivity index is 2.40. The fourth-order valence-corrected chi connectivity index (χ4v) is 1.82. The molecule has 130 valence electrons. The first kappa shape index (κ1) is 19.1. The molecule has 0 saturated heterocycles. The van der Waals surface area contributed by atoms with Gasteiger partial charge in [0.05, 0.1) is 19.0 Å². The molecule has 1 aromatic rings. The maximum Gasteiger partial charge on any atom is 0.306 e. The van der Waals surface area contributed by atoms with E-state index in [-0.39, 0.29) is 19.0 Å². The summed E-state index contributed by atoms with van der Waals surface area (Å²) in [6, 6.07) is 6.82. The Morgan fingerprint density at radius 1 is 1.00 bits per heavy atom. The Bertz CT molecular complexity index is 613. The van der Waals surface area contributed by atoms with Gasteiger partial charge in [0.15, 0.2) is 0 Å². The van der Waals surface area contributed by atoms with Gasteiger partial charge in [0.1, 0.15) is 0 Å². The largest absolute Gasteiger partial charge is 0.481 e. The fraction of sp³-hybridized carbons (Fsp3) is 0.375. The molecule has 1 aromatic carbocycles. The second kappa shape index (κ2) is 9.29. The van der Waals surface area contributed by atoms with Gasteiger partial charge in [-0.05, 0) is 24.1 Å². The van der Waals surface area contributed by atoms with Crippen LogP contribution in [-0.2, 0) is 25.6 Å². The zero-order valence-electron chi connectivity index (χ0n) is 13.6. The van der Waals surface area contributed by atoms with Crippen LogP contribution in [0.25, 0.3) is 0 Å². The summed E-state index contributed by atoms with van der Waals surface area (Å²) in [6.45, 7) is 2.53. The van der Waals surface area contributed by atoms with E-state index in [4.69, 9.17) is 5.11 Å². The number of aliphatic carboxylic acids is 1. The van der Waals surface area contributed by atoms with E-state index < -0.39 is 23.7 Å². The molecule has 0 aromatic heterocycles. The molecule has 0 fully saturated rings. The molecule has 24 heavy (non-hydrogen) atoms. The van der Waals surface area contributed by atoms with E-state index in [0.29, 0.717) is 12.1 Å². The number of nitrogens with one attached hydrogen (secondary N) is 3. The lowest BCUT2D eigenvalue weighted by atomic mass is 10.0. The minimum Gasteiger partial charge on any atom is -0.481 e. The molecule has 0 saturated carbocycles. The average Bonchev–Trinajstić information content (AvgIpc) is 2.52. The van der Waals surface area contributed by atoms with Crippen molar-refractivity contribution < 1.29 is 24.3 Å². The van der Waals surface area contributed by atoms with Crippen molar-refractivity contribution in [2.45, 2.75) is 20.3 Å². The lowest BCUT2D eigenvalue weighted by Crippen LogP contribution is -2.39. The number of hydrogen-bond acceptors (Lipinski definition) is 4. The molecule has 0 aliphatic carbocycles. The van der Waals surface area contributed by atoms with Gasteiger partial charge in [0, 0.05) is 12.6 Å². The van der Waals surface area contributed by atoms with Crippen LogP contribution in [0, 0.1) is 5.92 Å². The van der Waals surface area contributed by atoms with E-state index in [2.05, 4.69) is 16.0 Å². The number of hydrogen-bond donors (Lipinski definition) is 4. The van der Waals surface area contributed by atoms with Crippen LogP contribution in [-0.4, -0.2) is 41.9 Å². The molecule has 0 bridgehead atoms. The van der Waals surface area contributed by atoms with Crippen LogP contribution >= 0.6 is 0 Å². The summed E-state index contributed by atoms with van der Waals surface area (Å²) in [5.74, 6) is -2.53. The monoisotopic (exact) mass is 335 g/mol. The Labute approximate surface area is 139 Å². The number of benzene rings is 1. The van der Waals surface area contributed by atoms with Crippen molar-refractivity contribution in [3.8, 4) is 0 Å². The van der Waals surface area contributed by atoms with Gasteiger partial charge in [-0.15, -0.1) is 0 Å². The first-order chi connectivity index (χ1) is 11.3. The van der Waals surface area contributed by atoms with Crippen molar-refractivity contribution >= 4 is 29.4 Å². The molecule has 0 heterocycles. The summed E-state index contributed by atoms with van der Waals surface area (Å²) in [7, 11) is 0. The molecule has 1 rings (SSSR count). The first-order valence-electron chi connectivity index (χ1n) is 7.40. The Morgan fingerprint density at radius 3 is 2.12 bits per heavy atom. The van der Waals surface area contributed by atoms with Gasteiger partial charge in [-0.2, -0.15) is 0 Å². The van der Waals surface area contributed by atoms with Crippen LogP contribution < -0.4 is 16.0 Å². The smallest absolute Gasteiger partial charge is 0.306 e. The van der Waals surface area contributed by atoms with Gasteiger partial charge in [-0.1, -0.05) is 19.1 Å². The SMILES string of the molecule is CC(=O)NCC(=O)NCC(=O)Nc1ccc(CC(C)C(=O)O)cc1. The topological polar surface area (TPSA) is 125 Å². The first-order valence-corrected chi connectivity index (χ1v) is 7.40. The predicted molar refractivity (Wildman–Crippen MR) is 87.3 cm³/mol. The molecule has 3 amide bonds. The lowest BCUT2D eigenvalue weighted by molar-refractivity contribution is -0.141. The van der Waals surface area contributed by atoms with Crippen LogP contribution in [0.2, 0.25) is 0 Å². The number of amides is 3. The van der Waals surface area contributed by atoms with E-state index in [9.17, 15) is 19.2 Å². The van der Waals surface area contributed by atoms with Gasteiger partial charge in [0.2, 0.25) is 17.7 Å². The van der Waals surface area contributed by atoms with E-state index in [0.717, 1.165) is 5.56 Å². The molecule has 0 aliphatic heterocycles. The summed E-state index contributed by atoms with van der Waals surface area (Å²) in [6.07, 6.45) is 0.406. The molecular formula is C16H21N3O5. The molecule has 1 atom stereocenters. The quantitative estimate of drug-likeness (QED) is 0.538. The number of carboxylic acid groups (broad SMARTS) is 1. The number of carbonyl (C=O) groups excluding carboxylic acids is 3. The fourth-order valence-electron chi connectivity index (χ4n) is 1.82. The number of rotatable bonds is 8. The van der Waals surface area contributed by atoms with Crippen molar-refractivity contribution in [1.29, 1.82) is 0 Å². The normalized spacial score (nSPS) is 11.2. The number of carbonyl (C=O) groups is 4. The third-order valence-corrected chi connectivity index (χ3v) is 3.15. The summed E-state index contributed by atoms with van der Waals surface area (Å²) >= 11 is 0. The molecular weight excluding hydrogens is 314 g/mol. The highest BCUT2D eigenvalue weighted by atomic mass is 16.4. The van der Waals surface area contributed by atoms with E-state index in [1.165, 1.54) is 6.92 Å². The summed E-state index contributed by atoms with van der Waals surface area (Å²) in [5, 5.41) is 16.2. The van der Waals surface area contributed by atoms with Gasteiger partial charge in [-0.25, -0.2) is 0 Å². The highest BCUT2D eigenvalue weighted by Gasteiger charge is 2.11. The van der Waals surface area contributed by atoms with Gasteiger partial charge < -0.3 is 21.1 Å². The second-order valence-corrected chi connectivity index (χ2v) is 5.37. The molecule has 8 nitrogen and oxygen atoms in total. The second-order valence-electron chi connectivity index (χ2n) is 5.37. The van der Waals surface area contributed by atoms with Crippen molar-refractivity contribution in [3.63, 3.8) is 0 Å². The maximum absolute atomic E-state index is 11.7.